The first-order valence-electron chi connectivity index (χ1n) is 5.50. The minimum absolute atomic E-state index is 0. The van der Waals surface area contributed by atoms with Crippen molar-refractivity contribution >= 4 is 46.6 Å². The third-order valence-electron chi connectivity index (χ3n) is 2.73. The number of rotatable bonds is 2. The van der Waals surface area contributed by atoms with E-state index in [1.165, 1.54) is 0 Å². The van der Waals surface area contributed by atoms with Gasteiger partial charge in [0.05, 0.1) is 0 Å². The van der Waals surface area contributed by atoms with Gasteiger partial charge in [-0.15, -0.1) is 0 Å². The molecule has 0 unspecified atom stereocenters. The van der Waals surface area contributed by atoms with Gasteiger partial charge in [-0.3, -0.25) is 0 Å². The molecule has 0 atom stereocenters. The molecule has 2 aromatic carbocycles. The predicted octanol–water partition coefficient (Wildman–Crippen LogP) is 1.94. The molecule has 0 fully saturated rings. The molecular weight excluding hydrogens is 233 g/mol. The molecule has 2 rings (SSSR count). The maximum absolute atomic E-state index is 5.82. The van der Waals surface area contributed by atoms with E-state index in [0.717, 1.165) is 28.2 Å². The van der Waals surface area contributed by atoms with Crippen molar-refractivity contribution in [2.75, 3.05) is 30.5 Å². The van der Waals surface area contributed by atoms with Gasteiger partial charge in [0.2, 0.25) is 0 Å². The summed E-state index contributed by atoms with van der Waals surface area (Å²) in [6, 6.07) is 13.8. The van der Waals surface area contributed by atoms with E-state index in [0.29, 0.717) is 0 Å². The first-order chi connectivity index (χ1) is 8.08. The van der Waals surface area contributed by atoms with Crippen LogP contribution < -0.4 is 16.4 Å². The summed E-state index contributed by atoms with van der Waals surface area (Å²) in [5.41, 5.74) is 16.5. The van der Waals surface area contributed by atoms with Gasteiger partial charge in [0.1, 0.15) is 0 Å². The number of hydrogen-bond donors (Lipinski definition) is 2. The van der Waals surface area contributed by atoms with E-state index in [9.17, 15) is 0 Å². The summed E-state index contributed by atoms with van der Waals surface area (Å²) in [5, 5.41) is 0. The van der Waals surface area contributed by atoms with Crippen molar-refractivity contribution in [3.63, 3.8) is 0 Å². The molecule has 0 heterocycles. The summed E-state index contributed by atoms with van der Waals surface area (Å²) in [6.07, 6.45) is 0. The summed E-state index contributed by atoms with van der Waals surface area (Å²) in [6.45, 7) is 0. The zero-order chi connectivity index (χ0) is 12.4. The van der Waals surface area contributed by atoms with Crippen molar-refractivity contribution in [1.29, 1.82) is 0 Å². The van der Waals surface area contributed by atoms with Gasteiger partial charge < -0.3 is 16.4 Å². The molecule has 90 valence electrons. The summed E-state index contributed by atoms with van der Waals surface area (Å²) in [7, 11) is 4.02. The van der Waals surface area contributed by atoms with E-state index in [1.54, 1.807) is 0 Å². The number of nitrogens with two attached hydrogens (primary N) is 2. The molecular formula is C14H18N3Na. The van der Waals surface area contributed by atoms with Crippen LogP contribution in [0, 0.1) is 0 Å². The van der Waals surface area contributed by atoms with Gasteiger partial charge in [-0.05, 0) is 29.8 Å². The second-order valence-electron chi connectivity index (χ2n) is 4.29. The van der Waals surface area contributed by atoms with E-state index >= 15 is 0 Å². The maximum atomic E-state index is 5.82. The Bertz CT molecular complexity index is 521. The molecule has 0 spiro atoms. The van der Waals surface area contributed by atoms with Crippen LogP contribution in [0.1, 0.15) is 0 Å². The molecule has 0 saturated carbocycles. The molecule has 3 nitrogen and oxygen atoms in total. The van der Waals surface area contributed by atoms with Gasteiger partial charge in [-0.2, -0.15) is 0 Å². The molecule has 0 aliphatic carbocycles. The third-order valence-corrected chi connectivity index (χ3v) is 2.73. The van der Waals surface area contributed by atoms with Crippen molar-refractivity contribution < 1.29 is 0 Å². The van der Waals surface area contributed by atoms with Crippen LogP contribution in [0.2, 0.25) is 0 Å². The van der Waals surface area contributed by atoms with Gasteiger partial charge in [0.15, 0.2) is 0 Å². The first kappa shape index (κ1) is 14.9. The normalized spacial score (nSPS) is 9.67. The summed E-state index contributed by atoms with van der Waals surface area (Å²) in [5.74, 6) is 0. The van der Waals surface area contributed by atoms with E-state index in [4.69, 9.17) is 11.5 Å². The van der Waals surface area contributed by atoms with Crippen LogP contribution in [0.3, 0.4) is 0 Å². The van der Waals surface area contributed by atoms with Crippen LogP contribution in [-0.4, -0.2) is 43.7 Å². The van der Waals surface area contributed by atoms with Crippen molar-refractivity contribution in [1.82, 2.24) is 0 Å². The van der Waals surface area contributed by atoms with Crippen LogP contribution in [0.15, 0.2) is 42.5 Å². The van der Waals surface area contributed by atoms with E-state index in [2.05, 4.69) is 4.90 Å². The molecule has 0 amide bonds. The zero-order valence-electron chi connectivity index (χ0n) is 10.1. The van der Waals surface area contributed by atoms with Crippen LogP contribution in [0.25, 0.3) is 11.1 Å². The fourth-order valence-electron chi connectivity index (χ4n) is 1.83. The first-order valence-corrected chi connectivity index (χ1v) is 5.50. The predicted molar refractivity (Wildman–Crippen MR) is 82.2 cm³/mol. The van der Waals surface area contributed by atoms with Crippen molar-refractivity contribution in [2.24, 2.45) is 0 Å². The molecule has 0 bridgehead atoms. The molecule has 18 heavy (non-hydrogen) atoms. The summed E-state index contributed by atoms with van der Waals surface area (Å²) < 4.78 is 0. The molecule has 0 aliphatic heterocycles. The average molecular weight is 251 g/mol. The van der Waals surface area contributed by atoms with Crippen LogP contribution in [0.5, 0.6) is 0 Å². The molecule has 2 aromatic rings. The standard InChI is InChI=1S/C14H17N3.Na.H/c1-17(2)14-9-12(16)7-8-13(14)10-3-5-11(15)6-4-10;;/h3-9H,15-16H2,1-2H3;;. The molecule has 4 heteroatoms. The minimum atomic E-state index is 0. The van der Waals surface area contributed by atoms with Gasteiger partial charge in [-0.25, -0.2) is 0 Å². The van der Waals surface area contributed by atoms with Crippen molar-refractivity contribution in [3.8, 4) is 11.1 Å². The number of nitrogens with zero attached hydrogens (tertiary/aromatic N) is 1. The van der Waals surface area contributed by atoms with E-state index in [1.807, 2.05) is 56.6 Å². The Morgan fingerprint density at radius 1 is 0.833 bits per heavy atom. The Morgan fingerprint density at radius 3 is 1.94 bits per heavy atom. The van der Waals surface area contributed by atoms with E-state index in [-0.39, 0.29) is 29.6 Å². The molecule has 0 aromatic heterocycles. The zero-order valence-corrected chi connectivity index (χ0v) is 10.1. The number of nitrogen functional groups attached to an aromatic ring is 2. The SMILES string of the molecule is CN(C)c1cc(N)ccc1-c1ccc(N)cc1.[NaH]. The average Bonchev–Trinajstić information content (AvgIpc) is 2.30. The van der Waals surface area contributed by atoms with Crippen molar-refractivity contribution in [2.45, 2.75) is 0 Å². The Kier molecular flexibility index (Phi) is 5.08. The molecule has 0 radical (unpaired) electrons. The van der Waals surface area contributed by atoms with Gasteiger partial charge >= 0.3 is 29.6 Å². The number of hydrogen-bond acceptors (Lipinski definition) is 3. The topological polar surface area (TPSA) is 55.3 Å². The summed E-state index contributed by atoms with van der Waals surface area (Å²) in [4.78, 5) is 2.06. The monoisotopic (exact) mass is 251 g/mol. The summed E-state index contributed by atoms with van der Waals surface area (Å²) >= 11 is 0. The Morgan fingerprint density at radius 2 is 1.39 bits per heavy atom. The Hall–Kier alpha value is -1.16. The second kappa shape index (κ2) is 6.14. The molecule has 0 aliphatic rings. The van der Waals surface area contributed by atoms with Gasteiger partial charge in [0, 0.05) is 36.7 Å². The quantitative estimate of drug-likeness (QED) is 0.633. The van der Waals surface area contributed by atoms with Crippen LogP contribution in [0.4, 0.5) is 17.1 Å². The van der Waals surface area contributed by atoms with Gasteiger partial charge in [-0.1, -0.05) is 18.2 Å². The fourth-order valence-corrected chi connectivity index (χ4v) is 1.83. The van der Waals surface area contributed by atoms with Crippen LogP contribution in [-0.2, 0) is 0 Å². The van der Waals surface area contributed by atoms with E-state index < -0.39 is 0 Å². The Labute approximate surface area is 130 Å². The second-order valence-corrected chi connectivity index (χ2v) is 4.29. The fraction of sp³-hybridized carbons (Fsp3) is 0.143. The number of benzene rings is 2. The third kappa shape index (κ3) is 3.19. The van der Waals surface area contributed by atoms with Gasteiger partial charge in [0.25, 0.3) is 0 Å². The molecule has 0 saturated heterocycles. The Balaban J connectivity index is 0.00000162. The van der Waals surface area contributed by atoms with Crippen molar-refractivity contribution in [3.05, 3.63) is 42.5 Å². The molecule has 4 N–H and O–H groups in total. The number of anilines is 3. The van der Waals surface area contributed by atoms with Crippen LogP contribution >= 0.6 is 0 Å².